The minimum Gasteiger partial charge on any atom is -0.351 e. The zero-order valence-electron chi connectivity index (χ0n) is 16.9. The molecule has 6 heteroatoms. The Labute approximate surface area is 195 Å². The Morgan fingerprint density at radius 3 is 2.35 bits per heavy atom. The van der Waals surface area contributed by atoms with Crippen molar-refractivity contribution < 1.29 is 0 Å². The Kier molecular flexibility index (Phi) is 5.34. The number of nitrogens with zero attached hydrogens (tertiary/aromatic N) is 3. The number of hydrogen-bond donors (Lipinski definition) is 1. The molecule has 31 heavy (non-hydrogen) atoms. The number of halogens is 1. The lowest BCUT2D eigenvalue weighted by Gasteiger charge is -2.29. The van der Waals surface area contributed by atoms with E-state index in [1.807, 2.05) is 18.3 Å². The minimum atomic E-state index is -0.0703. The summed E-state index contributed by atoms with van der Waals surface area (Å²) in [5.74, 6) is 0. The van der Waals surface area contributed by atoms with Crippen molar-refractivity contribution >= 4 is 38.9 Å². The van der Waals surface area contributed by atoms with Crippen molar-refractivity contribution in [1.29, 1.82) is 0 Å². The second-order valence-electron chi connectivity index (χ2n) is 7.61. The van der Waals surface area contributed by atoms with Crippen molar-refractivity contribution in [1.82, 2.24) is 14.9 Å². The zero-order chi connectivity index (χ0) is 21.4. The highest BCUT2D eigenvalue weighted by molar-refractivity contribution is 9.10. The molecular weight excluding hydrogens is 468 g/mol. The van der Waals surface area contributed by atoms with Crippen molar-refractivity contribution in [3.8, 4) is 5.69 Å². The zero-order valence-corrected chi connectivity index (χ0v) is 19.3. The van der Waals surface area contributed by atoms with Gasteiger partial charge in [0.05, 0.1) is 11.7 Å². The van der Waals surface area contributed by atoms with Gasteiger partial charge in [0.2, 0.25) is 0 Å². The molecule has 0 aliphatic carbocycles. The van der Waals surface area contributed by atoms with E-state index in [4.69, 9.17) is 12.2 Å². The van der Waals surface area contributed by atoms with Crippen molar-refractivity contribution in [3.63, 3.8) is 0 Å². The van der Waals surface area contributed by atoms with Crippen LogP contribution in [0.15, 0.2) is 95.7 Å². The van der Waals surface area contributed by atoms with E-state index in [9.17, 15) is 0 Å². The molecule has 2 aromatic carbocycles. The van der Waals surface area contributed by atoms with Crippen molar-refractivity contribution in [3.05, 3.63) is 113 Å². The van der Waals surface area contributed by atoms with Gasteiger partial charge in [0.25, 0.3) is 0 Å². The molecule has 0 radical (unpaired) electrons. The maximum absolute atomic E-state index is 5.83. The van der Waals surface area contributed by atoms with Crippen LogP contribution in [0.25, 0.3) is 5.69 Å². The lowest BCUT2D eigenvalue weighted by Crippen LogP contribution is -2.30. The number of nitrogens with one attached hydrogen (secondary N) is 1. The molecule has 3 heterocycles. The summed E-state index contributed by atoms with van der Waals surface area (Å²) < 4.78 is 3.28. The number of anilines is 1. The highest BCUT2D eigenvalue weighted by Gasteiger charge is 2.42. The first-order chi connectivity index (χ1) is 15.1. The summed E-state index contributed by atoms with van der Waals surface area (Å²) in [6.45, 7) is 2.09. The van der Waals surface area contributed by atoms with Crippen LogP contribution in [0.3, 0.4) is 0 Å². The molecule has 4 aromatic rings. The first-order valence-electron chi connectivity index (χ1n) is 10.1. The van der Waals surface area contributed by atoms with Crippen LogP contribution in [0.5, 0.6) is 0 Å². The fourth-order valence-electron chi connectivity index (χ4n) is 4.11. The molecule has 0 saturated carbocycles. The Bertz CT molecular complexity index is 1200. The molecule has 2 aromatic heterocycles. The molecule has 1 aliphatic heterocycles. The summed E-state index contributed by atoms with van der Waals surface area (Å²) in [4.78, 5) is 6.85. The lowest BCUT2D eigenvalue weighted by atomic mass is 10.0. The summed E-state index contributed by atoms with van der Waals surface area (Å²) in [5.41, 5.74) is 5.50. The van der Waals surface area contributed by atoms with Crippen molar-refractivity contribution in [2.45, 2.75) is 19.0 Å². The van der Waals surface area contributed by atoms with Crippen molar-refractivity contribution in [2.24, 2.45) is 0 Å². The number of thiocarbonyl (C=S) groups is 1. The van der Waals surface area contributed by atoms with Gasteiger partial charge in [-0.05, 0) is 79.8 Å². The Morgan fingerprint density at radius 1 is 0.903 bits per heavy atom. The van der Waals surface area contributed by atoms with Crippen LogP contribution in [0.2, 0.25) is 0 Å². The average Bonchev–Trinajstić information content (AvgIpc) is 3.40. The Morgan fingerprint density at radius 2 is 1.65 bits per heavy atom. The predicted molar refractivity (Wildman–Crippen MR) is 133 cm³/mol. The van der Waals surface area contributed by atoms with E-state index < -0.39 is 0 Å². The maximum atomic E-state index is 5.83. The van der Waals surface area contributed by atoms with E-state index >= 15 is 0 Å². The lowest BCUT2D eigenvalue weighted by molar-refractivity contribution is 0.549. The third-order valence-electron chi connectivity index (χ3n) is 5.60. The highest BCUT2D eigenvalue weighted by Crippen LogP contribution is 2.42. The highest BCUT2D eigenvalue weighted by atomic mass is 79.9. The molecule has 1 fully saturated rings. The van der Waals surface area contributed by atoms with Crippen LogP contribution in [0, 0.1) is 6.92 Å². The van der Waals surface area contributed by atoms with Gasteiger partial charge in [-0.15, -0.1) is 0 Å². The molecule has 1 N–H and O–H groups in total. The fraction of sp³-hybridized carbons (Fsp3) is 0.120. The van der Waals surface area contributed by atoms with Crippen LogP contribution in [-0.4, -0.2) is 14.7 Å². The van der Waals surface area contributed by atoms with Gasteiger partial charge in [-0.3, -0.25) is 4.98 Å². The number of aryl methyl sites for hydroxylation is 1. The van der Waals surface area contributed by atoms with E-state index in [2.05, 4.69) is 116 Å². The van der Waals surface area contributed by atoms with Gasteiger partial charge in [-0.2, -0.15) is 0 Å². The molecule has 1 saturated heterocycles. The molecule has 154 valence electrons. The summed E-state index contributed by atoms with van der Waals surface area (Å²) in [6.07, 6.45) is 3.93. The van der Waals surface area contributed by atoms with E-state index in [1.54, 1.807) is 0 Å². The molecule has 0 unspecified atom stereocenters. The Hall–Kier alpha value is -2.96. The van der Waals surface area contributed by atoms with Gasteiger partial charge in [0.15, 0.2) is 5.11 Å². The van der Waals surface area contributed by atoms with Gasteiger partial charge >= 0.3 is 0 Å². The molecule has 0 bridgehead atoms. The van der Waals surface area contributed by atoms with Crippen LogP contribution in [0.4, 0.5) is 5.69 Å². The van der Waals surface area contributed by atoms with E-state index in [-0.39, 0.29) is 12.1 Å². The summed E-state index contributed by atoms with van der Waals surface area (Å²) in [7, 11) is 0. The topological polar surface area (TPSA) is 33.1 Å². The first-order valence-corrected chi connectivity index (χ1v) is 11.3. The van der Waals surface area contributed by atoms with Crippen molar-refractivity contribution in [2.75, 3.05) is 4.90 Å². The third-order valence-corrected chi connectivity index (χ3v) is 6.44. The van der Waals surface area contributed by atoms with E-state index in [0.717, 1.165) is 27.2 Å². The second kappa shape index (κ2) is 8.29. The van der Waals surface area contributed by atoms with E-state index in [1.165, 1.54) is 5.56 Å². The number of benzene rings is 2. The molecule has 4 nitrogen and oxygen atoms in total. The number of hydrogen-bond acceptors (Lipinski definition) is 2. The molecule has 0 amide bonds. The van der Waals surface area contributed by atoms with Crippen LogP contribution in [-0.2, 0) is 0 Å². The summed E-state index contributed by atoms with van der Waals surface area (Å²) in [5, 5.41) is 4.24. The molecule has 1 aliphatic rings. The quantitative estimate of drug-likeness (QED) is 0.350. The normalized spacial score (nSPS) is 18.3. The van der Waals surface area contributed by atoms with Crippen LogP contribution >= 0.6 is 28.1 Å². The van der Waals surface area contributed by atoms with Gasteiger partial charge in [-0.1, -0.05) is 39.7 Å². The number of pyridine rings is 1. The predicted octanol–water partition coefficient (Wildman–Crippen LogP) is 6.12. The molecule has 5 rings (SSSR count). The van der Waals surface area contributed by atoms with Gasteiger partial charge in [-0.25, -0.2) is 0 Å². The minimum absolute atomic E-state index is 0.0521. The fourth-order valence-corrected chi connectivity index (χ4v) is 4.72. The summed E-state index contributed by atoms with van der Waals surface area (Å²) >= 11 is 9.37. The standard InChI is InChI=1S/C25H21BrN4S/c1-17-7-11-20(12-8-17)30-24(23(28-25(30)31)21-5-2-3-15-27-21)22-6-4-16-29(22)19-13-9-18(26)10-14-19/h2-16,23-24H,1H3,(H,28,31)/t23-,24-/m1/s1. The molecule has 2 atom stereocenters. The summed E-state index contributed by atoms with van der Waals surface area (Å²) in [6, 6.07) is 27.0. The average molecular weight is 489 g/mol. The monoisotopic (exact) mass is 488 g/mol. The van der Waals surface area contributed by atoms with Gasteiger partial charge in [0, 0.05) is 33.9 Å². The Balaban J connectivity index is 1.66. The van der Waals surface area contributed by atoms with Gasteiger partial charge in [0.1, 0.15) is 6.04 Å². The SMILES string of the molecule is Cc1ccc(N2C(=S)N[C@H](c3ccccn3)[C@H]2c2cccn2-c2ccc(Br)cc2)cc1. The largest absolute Gasteiger partial charge is 0.351 e. The molecule has 0 spiro atoms. The third kappa shape index (κ3) is 3.77. The first kappa shape index (κ1) is 20.0. The molecular formula is C25H21BrN4S. The number of rotatable bonds is 4. The van der Waals surface area contributed by atoms with Crippen LogP contribution in [0.1, 0.15) is 29.0 Å². The number of aromatic nitrogens is 2. The smallest absolute Gasteiger partial charge is 0.174 e. The van der Waals surface area contributed by atoms with E-state index in [0.29, 0.717) is 5.11 Å². The maximum Gasteiger partial charge on any atom is 0.174 e. The second-order valence-corrected chi connectivity index (χ2v) is 8.91. The van der Waals surface area contributed by atoms with Crippen LogP contribution < -0.4 is 10.2 Å². The van der Waals surface area contributed by atoms with Gasteiger partial charge < -0.3 is 14.8 Å².